The van der Waals surface area contributed by atoms with Gasteiger partial charge in [0.15, 0.2) is 0 Å². The Morgan fingerprint density at radius 1 is 1.00 bits per heavy atom. The third-order valence-electron chi connectivity index (χ3n) is 3.56. The highest BCUT2D eigenvalue weighted by molar-refractivity contribution is 5.55. The molecule has 0 unspecified atom stereocenters. The molecule has 3 rings (SSSR count). The first-order valence-electron chi connectivity index (χ1n) is 7.90. The Bertz CT molecular complexity index is 753. The van der Waals surface area contributed by atoms with Crippen LogP contribution in [0.1, 0.15) is 5.56 Å². The molecule has 24 heavy (non-hydrogen) atoms. The van der Waals surface area contributed by atoms with Crippen molar-refractivity contribution >= 4 is 0 Å². The zero-order valence-corrected chi connectivity index (χ0v) is 14.0. The SMILES string of the molecule is CN(C)CCn1nnc(-c2ccc(OCc3ccccc3)cc2)n1. The Morgan fingerprint density at radius 3 is 2.46 bits per heavy atom. The lowest BCUT2D eigenvalue weighted by Crippen LogP contribution is -2.19. The van der Waals surface area contributed by atoms with E-state index in [0.717, 1.165) is 30.0 Å². The van der Waals surface area contributed by atoms with Crippen LogP contribution >= 0.6 is 0 Å². The summed E-state index contributed by atoms with van der Waals surface area (Å²) >= 11 is 0. The van der Waals surface area contributed by atoms with Gasteiger partial charge in [-0.05, 0) is 49.1 Å². The van der Waals surface area contributed by atoms with Gasteiger partial charge in [0.25, 0.3) is 0 Å². The zero-order valence-electron chi connectivity index (χ0n) is 14.0. The number of rotatable bonds is 7. The maximum absolute atomic E-state index is 5.79. The predicted octanol–water partition coefficient (Wildman–Crippen LogP) is 2.48. The molecule has 0 saturated carbocycles. The van der Waals surface area contributed by atoms with Gasteiger partial charge in [-0.15, -0.1) is 10.2 Å². The van der Waals surface area contributed by atoms with E-state index in [2.05, 4.69) is 20.3 Å². The predicted molar refractivity (Wildman–Crippen MR) is 92.6 cm³/mol. The number of hydrogen-bond donors (Lipinski definition) is 0. The molecule has 0 fully saturated rings. The number of aromatic nitrogens is 4. The monoisotopic (exact) mass is 323 g/mol. The van der Waals surface area contributed by atoms with E-state index in [1.54, 1.807) is 4.80 Å². The van der Waals surface area contributed by atoms with Crippen LogP contribution in [0.5, 0.6) is 5.75 Å². The Morgan fingerprint density at radius 2 is 1.75 bits per heavy atom. The second kappa shape index (κ2) is 7.70. The summed E-state index contributed by atoms with van der Waals surface area (Å²) in [6.45, 7) is 2.15. The first-order chi connectivity index (χ1) is 11.7. The van der Waals surface area contributed by atoms with Crippen LogP contribution in [0.15, 0.2) is 54.6 Å². The highest BCUT2D eigenvalue weighted by atomic mass is 16.5. The molecule has 0 aliphatic heterocycles. The topological polar surface area (TPSA) is 56.1 Å². The van der Waals surface area contributed by atoms with Crippen molar-refractivity contribution < 1.29 is 4.74 Å². The standard InChI is InChI=1S/C18H21N5O/c1-22(2)12-13-23-20-18(19-21-23)16-8-10-17(11-9-16)24-14-15-6-4-3-5-7-15/h3-11H,12-14H2,1-2H3. The summed E-state index contributed by atoms with van der Waals surface area (Å²) in [5, 5.41) is 12.6. The van der Waals surface area contributed by atoms with Crippen molar-refractivity contribution in [2.24, 2.45) is 0 Å². The van der Waals surface area contributed by atoms with Crippen LogP contribution in [-0.4, -0.2) is 45.7 Å². The summed E-state index contributed by atoms with van der Waals surface area (Å²) in [6, 6.07) is 17.9. The van der Waals surface area contributed by atoms with Crippen LogP contribution in [0.3, 0.4) is 0 Å². The van der Waals surface area contributed by atoms with E-state index in [-0.39, 0.29) is 0 Å². The van der Waals surface area contributed by atoms with E-state index >= 15 is 0 Å². The summed E-state index contributed by atoms with van der Waals surface area (Å²) in [5.74, 6) is 1.45. The Hall–Kier alpha value is -2.73. The molecule has 1 heterocycles. The number of nitrogens with zero attached hydrogens (tertiary/aromatic N) is 5. The summed E-state index contributed by atoms with van der Waals surface area (Å²) < 4.78 is 5.79. The average molecular weight is 323 g/mol. The molecule has 0 aliphatic carbocycles. The Balaban J connectivity index is 1.60. The van der Waals surface area contributed by atoms with Crippen molar-refractivity contribution in [2.45, 2.75) is 13.2 Å². The molecule has 3 aromatic rings. The minimum atomic E-state index is 0.555. The average Bonchev–Trinajstić information content (AvgIpc) is 3.08. The van der Waals surface area contributed by atoms with Gasteiger partial charge in [-0.3, -0.25) is 0 Å². The first-order valence-corrected chi connectivity index (χ1v) is 7.90. The number of ether oxygens (including phenoxy) is 1. The van der Waals surface area contributed by atoms with Crippen LogP contribution in [-0.2, 0) is 13.2 Å². The molecule has 0 aliphatic rings. The van der Waals surface area contributed by atoms with Gasteiger partial charge in [-0.2, -0.15) is 4.80 Å². The maximum atomic E-state index is 5.79. The molecule has 6 nitrogen and oxygen atoms in total. The third-order valence-corrected chi connectivity index (χ3v) is 3.56. The molecule has 0 saturated heterocycles. The van der Waals surface area contributed by atoms with E-state index in [4.69, 9.17) is 4.74 Å². The highest BCUT2D eigenvalue weighted by Gasteiger charge is 2.06. The van der Waals surface area contributed by atoms with E-state index in [1.165, 1.54) is 0 Å². The minimum Gasteiger partial charge on any atom is -0.489 e. The lowest BCUT2D eigenvalue weighted by atomic mass is 10.2. The Kier molecular flexibility index (Phi) is 5.18. The molecule has 0 amide bonds. The fourth-order valence-electron chi connectivity index (χ4n) is 2.18. The van der Waals surface area contributed by atoms with E-state index in [9.17, 15) is 0 Å². The fraction of sp³-hybridized carbons (Fsp3) is 0.278. The van der Waals surface area contributed by atoms with E-state index < -0.39 is 0 Å². The highest BCUT2D eigenvalue weighted by Crippen LogP contribution is 2.19. The van der Waals surface area contributed by atoms with Gasteiger partial charge in [0.1, 0.15) is 12.4 Å². The van der Waals surface area contributed by atoms with Crippen LogP contribution in [0.25, 0.3) is 11.4 Å². The zero-order chi connectivity index (χ0) is 16.8. The van der Waals surface area contributed by atoms with Crippen molar-refractivity contribution in [3.05, 3.63) is 60.2 Å². The molecule has 0 atom stereocenters. The number of hydrogen-bond acceptors (Lipinski definition) is 5. The van der Waals surface area contributed by atoms with Crippen molar-refractivity contribution in [3.63, 3.8) is 0 Å². The summed E-state index contributed by atoms with van der Waals surface area (Å²) in [7, 11) is 4.04. The normalized spacial score (nSPS) is 11.0. The second-order valence-corrected chi connectivity index (χ2v) is 5.81. The van der Waals surface area contributed by atoms with Crippen LogP contribution in [0, 0.1) is 0 Å². The van der Waals surface area contributed by atoms with Gasteiger partial charge < -0.3 is 9.64 Å². The van der Waals surface area contributed by atoms with Gasteiger partial charge in [0, 0.05) is 12.1 Å². The van der Waals surface area contributed by atoms with E-state index in [0.29, 0.717) is 12.4 Å². The summed E-state index contributed by atoms with van der Waals surface area (Å²) in [6.07, 6.45) is 0. The quantitative estimate of drug-likeness (QED) is 0.668. The molecule has 0 bridgehead atoms. The lowest BCUT2D eigenvalue weighted by molar-refractivity contribution is 0.306. The molecular weight excluding hydrogens is 302 g/mol. The van der Waals surface area contributed by atoms with Gasteiger partial charge in [-0.1, -0.05) is 30.3 Å². The second-order valence-electron chi connectivity index (χ2n) is 5.81. The van der Waals surface area contributed by atoms with Gasteiger partial charge in [-0.25, -0.2) is 0 Å². The summed E-state index contributed by atoms with van der Waals surface area (Å²) in [4.78, 5) is 3.71. The van der Waals surface area contributed by atoms with Crippen molar-refractivity contribution in [2.75, 3.05) is 20.6 Å². The molecule has 2 aromatic carbocycles. The minimum absolute atomic E-state index is 0.555. The molecule has 0 N–H and O–H groups in total. The molecule has 124 valence electrons. The number of tetrazole rings is 1. The number of benzene rings is 2. The largest absolute Gasteiger partial charge is 0.489 e. The van der Waals surface area contributed by atoms with Crippen molar-refractivity contribution in [3.8, 4) is 17.1 Å². The molecule has 6 heteroatoms. The first kappa shape index (κ1) is 16.1. The fourth-order valence-corrected chi connectivity index (χ4v) is 2.18. The van der Waals surface area contributed by atoms with Crippen LogP contribution in [0.4, 0.5) is 0 Å². The smallest absolute Gasteiger partial charge is 0.204 e. The summed E-state index contributed by atoms with van der Waals surface area (Å²) in [5.41, 5.74) is 2.07. The Labute approximate surface area is 141 Å². The lowest BCUT2D eigenvalue weighted by Gasteiger charge is -2.07. The van der Waals surface area contributed by atoms with E-state index in [1.807, 2.05) is 68.7 Å². The van der Waals surface area contributed by atoms with Gasteiger partial charge >= 0.3 is 0 Å². The number of likely N-dealkylation sites (N-methyl/N-ethyl adjacent to an activating group) is 1. The van der Waals surface area contributed by atoms with Crippen molar-refractivity contribution in [1.82, 2.24) is 25.1 Å². The van der Waals surface area contributed by atoms with Gasteiger partial charge in [0.2, 0.25) is 5.82 Å². The molecule has 0 spiro atoms. The van der Waals surface area contributed by atoms with Crippen LogP contribution in [0.2, 0.25) is 0 Å². The third kappa shape index (κ3) is 4.39. The molecular formula is C18H21N5O. The molecule has 0 radical (unpaired) electrons. The maximum Gasteiger partial charge on any atom is 0.204 e. The van der Waals surface area contributed by atoms with Gasteiger partial charge in [0.05, 0.1) is 6.54 Å². The van der Waals surface area contributed by atoms with Crippen LogP contribution < -0.4 is 4.74 Å². The molecule has 1 aromatic heterocycles. The van der Waals surface area contributed by atoms with Crippen molar-refractivity contribution in [1.29, 1.82) is 0 Å².